The summed E-state index contributed by atoms with van der Waals surface area (Å²) >= 11 is 1.78. The normalized spacial score (nSPS) is 17.0. The first kappa shape index (κ1) is 12.6. The van der Waals surface area contributed by atoms with Crippen LogP contribution in [0.3, 0.4) is 0 Å². The molecule has 0 saturated heterocycles. The van der Waals surface area contributed by atoms with Crippen LogP contribution in [-0.4, -0.2) is 17.0 Å². The number of aliphatic hydroxyl groups excluding tert-OH is 1. The Kier molecular flexibility index (Phi) is 3.76. The van der Waals surface area contributed by atoms with Gasteiger partial charge in [0, 0.05) is 17.1 Å². The third-order valence-corrected chi connectivity index (χ3v) is 4.36. The van der Waals surface area contributed by atoms with Gasteiger partial charge in [0.15, 0.2) is 0 Å². The van der Waals surface area contributed by atoms with Gasteiger partial charge in [-0.25, -0.2) is 0 Å². The van der Waals surface area contributed by atoms with Gasteiger partial charge in [-0.3, -0.25) is 0 Å². The van der Waals surface area contributed by atoms with E-state index in [0.29, 0.717) is 0 Å². The van der Waals surface area contributed by atoms with Gasteiger partial charge in [-0.2, -0.15) is 0 Å². The van der Waals surface area contributed by atoms with Crippen molar-refractivity contribution < 1.29 is 9.84 Å². The van der Waals surface area contributed by atoms with E-state index in [-0.39, 0.29) is 12.7 Å². The minimum Gasteiger partial charge on any atom is -0.489 e. The Labute approximate surface area is 117 Å². The molecule has 0 spiro atoms. The number of thioether (sulfide) groups is 1. The summed E-state index contributed by atoms with van der Waals surface area (Å²) < 4.78 is 5.91. The summed E-state index contributed by atoms with van der Waals surface area (Å²) in [5, 5.41) is 9.13. The van der Waals surface area contributed by atoms with Crippen molar-refractivity contribution in [1.29, 1.82) is 0 Å². The van der Waals surface area contributed by atoms with E-state index in [0.717, 1.165) is 23.5 Å². The molecule has 0 radical (unpaired) electrons. The Bertz CT molecular complexity index is 543. The Morgan fingerprint density at radius 2 is 2.05 bits per heavy atom. The van der Waals surface area contributed by atoms with Gasteiger partial charge in [0.05, 0.1) is 6.61 Å². The summed E-state index contributed by atoms with van der Waals surface area (Å²) in [7, 11) is 0. The lowest BCUT2D eigenvalue weighted by Crippen LogP contribution is -2.15. The second-order valence-electron chi connectivity index (χ2n) is 4.67. The molecule has 2 aromatic carbocycles. The molecule has 98 valence electrons. The van der Waals surface area contributed by atoms with E-state index >= 15 is 0 Å². The van der Waals surface area contributed by atoms with Crippen molar-refractivity contribution in [2.75, 3.05) is 5.75 Å². The van der Waals surface area contributed by atoms with E-state index in [1.165, 1.54) is 10.5 Å². The Morgan fingerprint density at radius 1 is 1.16 bits per heavy atom. The lowest BCUT2D eigenvalue weighted by molar-refractivity contribution is 0.259. The second kappa shape index (κ2) is 5.68. The molecule has 0 aliphatic carbocycles. The summed E-state index contributed by atoms with van der Waals surface area (Å²) in [5.74, 6) is 1.96. The van der Waals surface area contributed by atoms with Crippen LogP contribution < -0.4 is 4.74 Å². The van der Waals surface area contributed by atoms with Crippen molar-refractivity contribution >= 4 is 11.8 Å². The lowest BCUT2D eigenvalue weighted by Gasteiger charge is -2.10. The summed E-state index contributed by atoms with van der Waals surface area (Å²) in [6.45, 7) is 0.0970. The Morgan fingerprint density at radius 3 is 2.89 bits per heavy atom. The first-order chi connectivity index (χ1) is 9.35. The van der Waals surface area contributed by atoms with Crippen molar-refractivity contribution in [3.63, 3.8) is 0 Å². The number of fused-ring (bicyclic) bond motifs is 1. The van der Waals surface area contributed by atoms with Crippen LogP contribution in [0.25, 0.3) is 0 Å². The summed E-state index contributed by atoms with van der Waals surface area (Å²) in [6, 6.07) is 16.3. The monoisotopic (exact) mass is 272 g/mol. The maximum absolute atomic E-state index is 9.13. The number of benzene rings is 2. The predicted octanol–water partition coefficient (Wildman–Crippen LogP) is 3.27. The number of hydrogen-bond acceptors (Lipinski definition) is 3. The second-order valence-corrected chi connectivity index (χ2v) is 5.76. The average Bonchev–Trinajstić information content (AvgIpc) is 2.88. The number of ether oxygens (including phenoxy) is 1. The number of para-hydroxylation sites is 1. The molecule has 1 atom stereocenters. The fourth-order valence-corrected chi connectivity index (χ4v) is 3.24. The van der Waals surface area contributed by atoms with Gasteiger partial charge in [0.1, 0.15) is 11.9 Å². The van der Waals surface area contributed by atoms with Gasteiger partial charge >= 0.3 is 0 Å². The molecular formula is C16H16O2S. The Balaban J connectivity index is 1.59. The average molecular weight is 272 g/mol. The first-order valence-corrected chi connectivity index (χ1v) is 7.41. The molecule has 3 heteroatoms. The zero-order valence-corrected chi connectivity index (χ0v) is 11.4. The van der Waals surface area contributed by atoms with E-state index in [1.54, 1.807) is 11.8 Å². The summed E-state index contributed by atoms with van der Waals surface area (Å²) in [6.07, 6.45) is 1.24. The fourth-order valence-electron chi connectivity index (χ4n) is 2.27. The van der Waals surface area contributed by atoms with Gasteiger partial charge in [0.25, 0.3) is 0 Å². The molecule has 0 fully saturated rings. The zero-order valence-electron chi connectivity index (χ0n) is 10.6. The fraction of sp³-hybridized carbons (Fsp3) is 0.250. The molecule has 2 aromatic rings. The standard InChI is InChI=1S/C16H16O2S/c17-10-12-4-3-6-15(8-12)19-11-14-9-13-5-1-2-7-16(13)18-14/h1-8,14,17H,9-11H2. The maximum Gasteiger partial charge on any atom is 0.123 e. The highest BCUT2D eigenvalue weighted by Crippen LogP contribution is 2.31. The number of aliphatic hydroxyl groups is 1. The van der Waals surface area contributed by atoms with Gasteiger partial charge in [0.2, 0.25) is 0 Å². The van der Waals surface area contributed by atoms with Crippen LogP contribution in [0.4, 0.5) is 0 Å². The molecule has 1 N–H and O–H groups in total. The summed E-state index contributed by atoms with van der Waals surface area (Å²) in [4.78, 5) is 1.19. The molecule has 0 bridgehead atoms. The Hall–Kier alpha value is -1.45. The van der Waals surface area contributed by atoms with Crippen LogP contribution in [0.5, 0.6) is 5.75 Å². The molecule has 0 saturated carbocycles. The van der Waals surface area contributed by atoms with Gasteiger partial charge < -0.3 is 9.84 Å². The van der Waals surface area contributed by atoms with Gasteiger partial charge in [-0.15, -0.1) is 11.8 Å². The van der Waals surface area contributed by atoms with Crippen molar-refractivity contribution in [1.82, 2.24) is 0 Å². The maximum atomic E-state index is 9.13. The first-order valence-electron chi connectivity index (χ1n) is 6.42. The van der Waals surface area contributed by atoms with Crippen LogP contribution in [0.15, 0.2) is 53.4 Å². The molecule has 1 aliphatic heterocycles. The SMILES string of the molecule is OCc1cccc(SCC2Cc3ccccc3O2)c1. The molecule has 1 heterocycles. The topological polar surface area (TPSA) is 29.5 Å². The quantitative estimate of drug-likeness (QED) is 0.866. The molecule has 3 rings (SSSR count). The van der Waals surface area contributed by atoms with Crippen LogP contribution in [0, 0.1) is 0 Å². The minimum atomic E-state index is 0.0970. The van der Waals surface area contributed by atoms with Crippen LogP contribution in [0.1, 0.15) is 11.1 Å². The third kappa shape index (κ3) is 2.94. The van der Waals surface area contributed by atoms with Crippen LogP contribution >= 0.6 is 11.8 Å². The van der Waals surface area contributed by atoms with Gasteiger partial charge in [-0.05, 0) is 29.3 Å². The minimum absolute atomic E-state index is 0.0970. The molecule has 2 nitrogen and oxygen atoms in total. The van der Waals surface area contributed by atoms with Crippen molar-refractivity contribution in [3.8, 4) is 5.75 Å². The third-order valence-electron chi connectivity index (χ3n) is 3.23. The molecular weight excluding hydrogens is 256 g/mol. The smallest absolute Gasteiger partial charge is 0.123 e. The van der Waals surface area contributed by atoms with E-state index in [2.05, 4.69) is 18.2 Å². The van der Waals surface area contributed by atoms with Crippen LogP contribution in [-0.2, 0) is 13.0 Å². The molecule has 0 aromatic heterocycles. The van der Waals surface area contributed by atoms with Crippen molar-refractivity contribution in [3.05, 3.63) is 59.7 Å². The van der Waals surface area contributed by atoms with E-state index in [1.807, 2.05) is 30.3 Å². The summed E-state index contributed by atoms with van der Waals surface area (Å²) in [5.41, 5.74) is 2.26. The molecule has 1 unspecified atom stereocenters. The van der Waals surface area contributed by atoms with E-state index < -0.39 is 0 Å². The van der Waals surface area contributed by atoms with Gasteiger partial charge in [-0.1, -0.05) is 30.3 Å². The lowest BCUT2D eigenvalue weighted by atomic mass is 10.1. The number of hydrogen-bond donors (Lipinski definition) is 1. The highest BCUT2D eigenvalue weighted by Gasteiger charge is 2.22. The van der Waals surface area contributed by atoms with E-state index in [9.17, 15) is 0 Å². The highest BCUT2D eigenvalue weighted by atomic mass is 32.2. The van der Waals surface area contributed by atoms with Crippen molar-refractivity contribution in [2.45, 2.75) is 24.0 Å². The van der Waals surface area contributed by atoms with Crippen LogP contribution in [0.2, 0.25) is 0 Å². The molecule has 0 amide bonds. The van der Waals surface area contributed by atoms with Crippen molar-refractivity contribution in [2.24, 2.45) is 0 Å². The molecule has 1 aliphatic rings. The highest BCUT2D eigenvalue weighted by molar-refractivity contribution is 7.99. The largest absolute Gasteiger partial charge is 0.489 e. The molecule has 19 heavy (non-hydrogen) atoms. The predicted molar refractivity (Wildman–Crippen MR) is 77.7 cm³/mol. The zero-order chi connectivity index (χ0) is 13.1. The number of rotatable bonds is 4. The van der Waals surface area contributed by atoms with E-state index in [4.69, 9.17) is 9.84 Å².